The maximum absolute atomic E-state index is 13.9. The van der Waals surface area contributed by atoms with E-state index in [2.05, 4.69) is 20.6 Å². The number of aromatic amines is 1. The predicted octanol–water partition coefficient (Wildman–Crippen LogP) is 3.92. The summed E-state index contributed by atoms with van der Waals surface area (Å²) in [6.45, 7) is 0. The molecule has 158 valence electrons. The van der Waals surface area contributed by atoms with Gasteiger partial charge in [-0.15, -0.1) is 0 Å². The molecule has 0 saturated carbocycles. The van der Waals surface area contributed by atoms with E-state index in [1.165, 1.54) is 30.0 Å². The van der Waals surface area contributed by atoms with E-state index in [0.717, 1.165) is 5.56 Å². The molecule has 1 unspecified atom stereocenters. The topological polar surface area (TPSA) is 104 Å². The summed E-state index contributed by atoms with van der Waals surface area (Å²) < 4.78 is 13.9. The van der Waals surface area contributed by atoms with Crippen molar-refractivity contribution in [2.45, 2.75) is 23.2 Å². The molecule has 0 fully saturated rings. The van der Waals surface area contributed by atoms with Crippen molar-refractivity contribution in [1.29, 1.82) is 0 Å². The van der Waals surface area contributed by atoms with Gasteiger partial charge < -0.3 is 15.6 Å². The number of para-hydroxylation sites is 1. The van der Waals surface area contributed by atoms with E-state index in [9.17, 15) is 18.8 Å². The number of aromatic nitrogens is 2. The second-order valence-corrected chi connectivity index (χ2v) is 8.22. The van der Waals surface area contributed by atoms with E-state index in [4.69, 9.17) is 11.6 Å². The fraction of sp³-hybridized carbons (Fsp3) is 0.143. The first-order valence-electron chi connectivity index (χ1n) is 9.27. The van der Waals surface area contributed by atoms with Gasteiger partial charge in [0, 0.05) is 17.2 Å². The van der Waals surface area contributed by atoms with Crippen LogP contribution in [0.15, 0.2) is 58.5 Å². The third-order valence-corrected chi connectivity index (χ3v) is 5.86. The van der Waals surface area contributed by atoms with E-state index >= 15 is 0 Å². The molecule has 1 aliphatic heterocycles. The van der Waals surface area contributed by atoms with Crippen molar-refractivity contribution in [2.24, 2.45) is 0 Å². The molecule has 7 nitrogen and oxygen atoms in total. The van der Waals surface area contributed by atoms with Crippen molar-refractivity contribution in [3.63, 3.8) is 0 Å². The van der Waals surface area contributed by atoms with E-state index in [-0.39, 0.29) is 23.5 Å². The van der Waals surface area contributed by atoms with Gasteiger partial charge in [0.05, 0.1) is 17.2 Å². The van der Waals surface area contributed by atoms with Gasteiger partial charge in [-0.05, 0) is 29.8 Å². The molecule has 0 saturated heterocycles. The van der Waals surface area contributed by atoms with Crippen LogP contribution >= 0.6 is 23.4 Å². The molecule has 0 bridgehead atoms. The van der Waals surface area contributed by atoms with Gasteiger partial charge in [-0.2, -0.15) is 0 Å². The molecule has 0 radical (unpaired) electrons. The molecule has 3 N–H and O–H groups in total. The Morgan fingerprint density at radius 1 is 1.19 bits per heavy atom. The number of benzene rings is 2. The lowest BCUT2D eigenvalue weighted by atomic mass is 9.92. The molecule has 1 aromatic heterocycles. The molecule has 0 aliphatic carbocycles. The van der Waals surface area contributed by atoms with Crippen molar-refractivity contribution in [1.82, 2.24) is 9.97 Å². The number of nitrogens with one attached hydrogen (secondary N) is 3. The van der Waals surface area contributed by atoms with Crippen LogP contribution in [-0.4, -0.2) is 21.8 Å². The highest BCUT2D eigenvalue weighted by Gasteiger charge is 2.35. The van der Waals surface area contributed by atoms with Gasteiger partial charge in [0.25, 0.3) is 5.56 Å². The number of H-pyrrole nitrogens is 1. The standard InChI is InChI=1S/C21H16ClFN4O3S/c22-12-7-5-11(6-8-12)10-31-21-26-18-17(20(30)27-21)13(9-16(28)25-18)19(29)24-15-4-2-1-3-14(15)23/h1-8,13H,9-10H2,(H,24,29)(H2,25,26,27,28,30). The number of nitrogens with zero attached hydrogens (tertiary/aromatic N) is 1. The van der Waals surface area contributed by atoms with Crippen LogP contribution in [0.5, 0.6) is 0 Å². The lowest BCUT2D eigenvalue weighted by Crippen LogP contribution is -2.36. The number of carbonyl (C=O) groups is 2. The zero-order valence-electron chi connectivity index (χ0n) is 15.9. The number of thioether (sulfide) groups is 1. The van der Waals surface area contributed by atoms with Gasteiger partial charge >= 0.3 is 0 Å². The van der Waals surface area contributed by atoms with Crippen LogP contribution in [0.4, 0.5) is 15.9 Å². The predicted molar refractivity (Wildman–Crippen MR) is 117 cm³/mol. The fourth-order valence-corrected chi connectivity index (χ4v) is 4.10. The van der Waals surface area contributed by atoms with Crippen molar-refractivity contribution in [3.05, 3.63) is 80.9 Å². The van der Waals surface area contributed by atoms with Gasteiger partial charge in [0.15, 0.2) is 5.16 Å². The normalized spacial score (nSPS) is 15.2. The molecule has 2 amide bonds. The molecule has 2 heterocycles. The summed E-state index contributed by atoms with van der Waals surface area (Å²) >= 11 is 7.15. The van der Waals surface area contributed by atoms with Crippen molar-refractivity contribution in [2.75, 3.05) is 10.6 Å². The Labute approximate surface area is 185 Å². The van der Waals surface area contributed by atoms with E-state index in [1.54, 1.807) is 18.2 Å². The largest absolute Gasteiger partial charge is 0.323 e. The van der Waals surface area contributed by atoms with Crippen LogP contribution in [0.25, 0.3) is 0 Å². The maximum Gasteiger partial charge on any atom is 0.257 e. The minimum absolute atomic E-state index is 0.0282. The van der Waals surface area contributed by atoms with Gasteiger partial charge in [0.2, 0.25) is 11.8 Å². The van der Waals surface area contributed by atoms with Crippen LogP contribution in [0.1, 0.15) is 23.5 Å². The molecule has 1 atom stereocenters. The Morgan fingerprint density at radius 3 is 2.68 bits per heavy atom. The molecular formula is C21H16ClFN4O3S. The van der Waals surface area contributed by atoms with Crippen LogP contribution in [-0.2, 0) is 15.3 Å². The number of amides is 2. The van der Waals surface area contributed by atoms with E-state index < -0.39 is 29.1 Å². The molecule has 10 heteroatoms. The van der Waals surface area contributed by atoms with Gasteiger partial charge in [-0.1, -0.05) is 47.6 Å². The monoisotopic (exact) mass is 458 g/mol. The lowest BCUT2D eigenvalue weighted by Gasteiger charge is -2.23. The molecule has 3 aromatic rings. The summed E-state index contributed by atoms with van der Waals surface area (Å²) in [6.07, 6.45) is -0.241. The summed E-state index contributed by atoms with van der Waals surface area (Å²) in [7, 11) is 0. The molecule has 31 heavy (non-hydrogen) atoms. The quantitative estimate of drug-likeness (QED) is 0.397. The highest BCUT2D eigenvalue weighted by molar-refractivity contribution is 7.98. The Kier molecular flexibility index (Phi) is 6.06. The summed E-state index contributed by atoms with van der Waals surface area (Å²) in [5.41, 5.74) is 0.460. The van der Waals surface area contributed by atoms with Crippen molar-refractivity contribution >= 4 is 46.7 Å². The number of anilines is 2. The van der Waals surface area contributed by atoms with Crippen LogP contribution < -0.4 is 16.2 Å². The summed E-state index contributed by atoms with van der Waals surface area (Å²) in [4.78, 5) is 44.6. The summed E-state index contributed by atoms with van der Waals surface area (Å²) in [6, 6.07) is 12.9. The van der Waals surface area contributed by atoms with Crippen LogP contribution in [0.3, 0.4) is 0 Å². The van der Waals surface area contributed by atoms with Crippen molar-refractivity contribution < 1.29 is 14.0 Å². The zero-order chi connectivity index (χ0) is 22.0. The lowest BCUT2D eigenvalue weighted by molar-refractivity contribution is -0.123. The minimum atomic E-state index is -1.09. The molecule has 2 aromatic carbocycles. The van der Waals surface area contributed by atoms with Gasteiger partial charge in [-0.25, -0.2) is 9.37 Å². The highest BCUT2D eigenvalue weighted by atomic mass is 35.5. The number of carbonyl (C=O) groups excluding carboxylic acids is 2. The van der Waals surface area contributed by atoms with E-state index in [1.807, 2.05) is 12.1 Å². The number of rotatable bonds is 5. The summed E-state index contributed by atoms with van der Waals surface area (Å²) in [5.74, 6) is -2.26. The highest BCUT2D eigenvalue weighted by Crippen LogP contribution is 2.31. The van der Waals surface area contributed by atoms with E-state index in [0.29, 0.717) is 15.9 Å². The Balaban J connectivity index is 1.58. The maximum atomic E-state index is 13.9. The number of halogens is 2. The van der Waals surface area contributed by atoms with Gasteiger partial charge in [-0.3, -0.25) is 14.4 Å². The molecule has 0 spiro atoms. The third-order valence-electron chi connectivity index (χ3n) is 4.67. The Hall–Kier alpha value is -3.17. The molecule has 4 rings (SSSR count). The van der Waals surface area contributed by atoms with Crippen LogP contribution in [0, 0.1) is 5.82 Å². The average Bonchev–Trinajstić information content (AvgIpc) is 2.74. The van der Waals surface area contributed by atoms with Crippen molar-refractivity contribution in [3.8, 4) is 0 Å². The Morgan fingerprint density at radius 2 is 1.94 bits per heavy atom. The molecule has 1 aliphatic rings. The fourth-order valence-electron chi connectivity index (χ4n) is 3.16. The first-order chi connectivity index (χ1) is 14.9. The molecular weight excluding hydrogens is 443 g/mol. The van der Waals surface area contributed by atoms with Gasteiger partial charge in [0.1, 0.15) is 11.6 Å². The summed E-state index contributed by atoms with van der Waals surface area (Å²) in [5, 5.41) is 5.92. The minimum Gasteiger partial charge on any atom is -0.323 e. The number of hydrogen-bond acceptors (Lipinski definition) is 5. The van der Waals surface area contributed by atoms with Crippen LogP contribution in [0.2, 0.25) is 5.02 Å². The third kappa shape index (κ3) is 4.78. The zero-order valence-corrected chi connectivity index (χ0v) is 17.5. The smallest absolute Gasteiger partial charge is 0.257 e. The second kappa shape index (κ2) is 8.91. The first kappa shape index (κ1) is 21.1. The number of fused-ring (bicyclic) bond motifs is 1. The Bertz CT molecular complexity index is 1220. The second-order valence-electron chi connectivity index (χ2n) is 6.82. The number of hydrogen-bond donors (Lipinski definition) is 3. The SMILES string of the molecule is O=C1CC(C(=O)Nc2ccccc2F)c2c(nc(SCc3ccc(Cl)cc3)[nH]c2=O)N1. The average molecular weight is 459 g/mol. The first-order valence-corrected chi connectivity index (χ1v) is 10.6.